The number of amides is 3. The van der Waals surface area contributed by atoms with Crippen LogP contribution in [0.4, 0.5) is 25.4 Å². The summed E-state index contributed by atoms with van der Waals surface area (Å²) >= 11 is 0. The zero-order valence-electron chi connectivity index (χ0n) is 19.1. The predicted octanol–water partition coefficient (Wildman–Crippen LogP) is 3.46. The molecule has 1 aliphatic heterocycles. The molecule has 1 fully saturated rings. The number of urea groups is 1. The van der Waals surface area contributed by atoms with Crippen molar-refractivity contribution in [1.82, 2.24) is 14.8 Å². The van der Waals surface area contributed by atoms with Crippen LogP contribution in [-0.4, -0.2) is 72.9 Å². The van der Waals surface area contributed by atoms with Crippen molar-refractivity contribution in [3.05, 3.63) is 53.6 Å². The molecule has 1 aromatic heterocycles. The van der Waals surface area contributed by atoms with Crippen molar-refractivity contribution in [3.63, 3.8) is 0 Å². The van der Waals surface area contributed by atoms with E-state index in [0.29, 0.717) is 50.6 Å². The van der Waals surface area contributed by atoms with E-state index in [1.807, 2.05) is 6.92 Å². The average molecular weight is 460 g/mol. The number of ether oxygens (including phenoxy) is 2. The van der Waals surface area contributed by atoms with Crippen LogP contribution >= 0.6 is 0 Å². The first-order chi connectivity index (χ1) is 15.9. The summed E-state index contributed by atoms with van der Waals surface area (Å²) in [7, 11) is 1.58. The highest BCUT2D eigenvalue weighted by molar-refractivity contribution is 5.99. The number of carbonyl (C=O) groups excluding carboxylic acids is 2. The van der Waals surface area contributed by atoms with Gasteiger partial charge in [-0.2, -0.15) is 0 Å². The number of rotatable bonds is 7. The molecule has 3 amide bonds. The van der Waals surface area contributed by atoms with Gasteiger partial charge in [-0.25, -0.2) is 14.0 Å². The third kappa shape index (κ3) is 6.62. The average Bonchev–Trinajstić information content (AvgIpc) is 2.78. The second-order valence-electron chi connectivity index (χ2n) is 7.78. The highest BCUT2D eigenvalue weighted by atomic mass is 19.1. The number of hydrogen-bond donors (Lipinski definition) is 2. The number of halogens is 1. The van der Waals surface area contributed by atoms with Crippen molar-refractivity contribution in [3.8, 4) is 0 Å². The summed E-state index contributed by atoms with van der Waals surface area (Å²) in [5, 5.41) is 5.19. The standard InChI is InChI=1S/C23H30FN5O4/c1-4-33-23(31)29-11-10-28(14-19(29)15-32-3)13-17-6-5-7-20(21(17)24)27-22(30)26-18-9-8-16(2)25-12-18/h5-9,12,19H,4,10-11,13-15H2,1-3H3,(H2,26,27,30)/t19-/m0/s1. The molecule has 178 valence electrons. The van der Waals surface area contributed by atoms with Crippen LogP contribution in [0.5, 0.6) is 0 Å². The normalized spacial score (nSPS) is 16.4. The van der Waals surface area contributed by atoms with Crippen LogP contribution in [-0.2, 0) is 16.0 Å². The van der Waals surface area contributed by atoms with Gasteiger partial charge in [0.15, 0.2) is 5.82 Å². The Morgan fingerprint density at radius 3 is 2.73 bits per heavy atom. The van der Waals surface area contributed by atoms with Crippen LogP contribution < -0.4 is 10.6 Å². The van der Waals surface area contributed by atoms with E-state index in [4.69, 9.17) is 9.47 Å². The van der Waals surface area contributed by atoms with E-state index in [9.17, 15) is 9.59 Å². The van der Waals surface area contributed by atoms with Crippen molar-refractivity contribution in [2.24, 2.45) is 0 Å². The Balaban J connectivity index is 1.63. The Bertz CT molecular complexity index is 956. The second-order valence-corrected chi connectivity index (χ2v) is 7.78. The van der Waals surface area contributed by atoms with Crippen LogP contribution in [0.25, 0.3) is 0 Å². The zero-order valence-corrected chi connectivity index (χ0v) is 19.1. The van der Waals surface area contributed by atoms with Crippen LogP contribution in [0, 0.1) is 12.7 Å². The Labute approximate surface area is 192 Å². The molecule has 0 spiro atoms. The quantitative estimate of drug-likeness (QED) is 0.658. The number of methoxy groups -OCH3 is 1. The highest BCUT2D eigenvalue weighted by Crippen LogP contribution is 2.22. The molecule has 10 heteroatoms. The number of pyridine rings is 1. The molecule has 9 nitrogen and oxygen atoms in total. The van der Waals surface area contributed by atoms with Gasteiger partial charge in [0.25, 0.3) is 0 Å². The molecule has 3 rings (SSSR count). The minimum atomic E-state index is -0.556. The minimum absolute atomic E-state index is 0.0867. The molecule has 1 aliphatic rings. The Hall–Kier alpha value is -3.24. The molecule has 2 aromatic rings. The van der Waals surface area contributed by atoms with Crippen molar-refractivity contribution < 1.29 is 23.5 Å². The highest BCUT2D eigenvalue weighted by Gasteiger charge is 2.31. The lowest BCUT2D eigenvalue weighted by molar-refractivity contribution is 0.0154. The number of anilines is 2. The molecular weight excluding hydrogens is 429 g/mol. The zero-order chi connectivity index (χ0) is 23.8. The van der Waals surface area contributed by atoms with E-state index >= 15 is 4.39 Å². The fourth-order valence-corrected chi connectivity index (χ4v) is 3.71. The fourth-order valence-electron chi connectivity index (χ4n) is 3.71. The number of nitrogens with one attached hydrogen (secondary N) is 2. The van der Waals surface area contributed by atoms with Gasteiger partial charge in [-0.1, -0.05) is 12.1 Å². The van der Waals surface area contributed by atoms with Crippen LogP contribution in [0.15, 0.2) is 36.5 Å². The lowest BCUT2D eigenvalue weighted by atomic mass is 10.1. The SMILES string of the molecule is CCOC(=O)N1CCN(Cc2cccc(NC(=O)Nc3ccc(C)nc3)c2F)C[C@H]1COC. The molecule has 0 saturated carbocycles. The maximum Gasteiger partial charge on any atom is 0.410 e. The van der Waals surface area contributed by atoms with Gasteiger partial charge in [0, 0.05) is 44.5 Å². The molecule has 1 atom stereocenters. The molecule has 0 radical (unpaired) electrons. The Morgan fingerprint density at radius 2 is 2.03 bits per heavy atom. The van der Waals surface area contributed by atoms with Crippen LogP contribution in [0.1, 0.15) is 18.2 Å². The molecule has 1 aromatic carbocycles. The number of piperazine rings is 1. The topological polar surface area (TPSA) is 96.0 Å². The molecule has 0 bridgehead atoms. The minimum Gasteiger partial charge on any atom is -0.450 e. The smallest absolute Gasteiger partial charge is 0.410 e. The molecule has 0 aliphatic carbocycles. The Kier molecular flexibility index (Phi) is 8.56. The third-order valence-corrected chi connectivity index (χ3v) is 5.32. The summed E-state index contributed by atoms with van der Waals surface area (Å²) in [5.74, 6) is -0.495. The maximum absolute atomic E-state index is 15.1. The lowest BCUT2D eigenvalue weighted by Crippen LogP contribution is -2.56. The predicted molar refractivity (Wildman–Crippen MR) is 123 cm³/mol. The lowest BCUT2D eigenvalue weighted by Gasteiger charge is -2.40. The number of aromatic nitrogens is 1. The monoisotopic (exact) mass is 459 g/mol. The number of aryl methyl sites for hydroxylation is 1. The van der Waals surface area contributed by atoms with Crippen molar-refractivity contribution in [2.75, 3.05) is 50.6 Å². The molecule has 2 N–H and O–H groups in total. The first-order valence-electron chi connectivity index (χ1n) is 10.8. The van der Waals surface area contributed by atoms with Crippen LogP contribution in [0.2, 0.25) is 0 Å². The van der Waals surface area contributed by atoms with E-state index in [-0.39, 0.29) is 17.8 Å². The van der Waals surface area contributed by atoms with Crippen molar-refractivity contribution >= 4 is 23.5 Å². The van der Waals surface area contributed by atoms with E-state index in [0.717, 1.165) is 5.69 Å². The first-order valence-corrected chi connectivity index (χ1v) is 10.8. The van der Waals surface area contributed by atoms with Gasteiger partial charge >= 0.3 is 12.1 Å². The largest absolute Gasteiger partial charge is 0.450 e. The number of carbonyl (C=O) groups is 2. The van der Waals surface area contributed by atoms with Gasteiger partial charge in [0.2, 0.25) is 0 Å². The Morgan fingerprint density at radius 1 is 1.21 bits per heavy atom. The van der Waals surface area contributed by atoms with Gasteiger partial charge < -0.3 is 25.0 Å². The molecule has 0 unspecified atom stereocenters. The summed E-state index contributed by atoms with van der Waals surface area (Å²) in [4.78, 5) is 32.3. The molecule has 33 heavy (non-hydrogen) atoms. The van der Waals surface area contributed by atoms with Gasteiger partial charge in [-0.3, -0.25) is 9.88 Å². The maximum atomic E-state index is 15.1. The van der Waals surface area contributed by atoms with E-state index in [1.54, 1.807) is 43.2 Å². The number of nitrogens with zero attached hydrogens (tertiary/aromatic N) is 3. The fraction of sp³-hybridized carbons (Fsp3) is 0.435. The number of benzene rings is 1. The van der Waals surface area contributed by atoms with Gasteiger partial charge in [-0.05, 0) is 32.0 Å². The van der Waals surface area contributed by atoms with E-state index in [1.165, 1.54) is 12.3 Å². The summed E-state index contributed by atoms with van der Waals surface area (Å²) in [6, 6.07) is 7.64. The second kappa shape index (κ2) is 11.6. The van der Waals surface area contributed by atoms with Gasteiger partial charge in [0.05, 0.1) is 36.8 Å². The van der Waals surface area contributed by atoms with Gasteiger partial charge in [0.1, 0.15) is 0 Å². The van der Waals surface area contributed by atoms with E-state index in [2.05, 4.69) is 20.5 Å². The summed E-state index contributed by atoms with van der Waals surface area (Å²) in [6.45, 7) is 6.15. The summed E-state index contributed by atoms with van der Waals surface area (Å²) in [5.41, 5.74) is 1.88. The summed E-state index contributed by atoms with van der Waals surface area (Å²) in [6.07, 6.45) is 1.17. The summed E-state index contributed by atoms with van der Waals surface area (Å²) < 4.78 is 25.5. The molecule has 2 heterocycles. The molecule has 1 saturated heterocycles. The van der Waals surface area contributed by atoms with E-state index < -0.39 is 11.8 Å². The van der Waals surface area contributed by atoms with Crippen molar-refractivity contribution in [2.45, 2.75) is 26.4 Å². The number of hydrogen-bond acceptors (Lipinski definition) is 6. The third-order valence-electron chi connectivity index (χ3n) is 5.32. The van der Waals surface area contributed by atoms with Gasteiger partial charge in [-0.15, -0.1) is 0 Å². The first kappa shape index (κ1) is 24.4. The van der Waals surface area contributed by atoms with Crippen LogP contribution in [0.3, 0.4) is 0 Å². The van der Waals surface area contributed by atoms with Crippen molar-refractivity contribution in [1.29, 1.82) is 0 Å². The molecular formula is C23H30FN5O4.